The number of aromatic amines is 1. The van der Waals surface area contributed by atoms with Gasteiger partial charge in [0.15, 0.2) is 5.58 Å². The molecule has 1 N–H and O–H groups in total. The number of amides is 2. The fraction of sp³-hybridized carbons (Fsp3) is 0.407. The molecule has 1 fully saturated rings. The minimum Gasteiger partial charge on any atom is -0.444 e. The number of nitrogens with zero attached hydrogens (tertiary/aromatic N) is 2. The van der Waals surface area contributed by atoms with E-state index in [-0.39, 0.29) is 23.9 Å². The van der Waals surface area contributed by atoms with Crippen LogP contribution in [0.3, 0.4) is 0 Å². The number of oxazole rings is 1. The summed E-state index contributed by atoms with van der Waals surface area (Å²) in [5.41, 5.74) is 2.38. The van der Waals surface area contributed by atoms with Crippen LogP contribution in [0.25, 0.3) is 11.1 Å². The first kappa shape index (κ1) is 24.6. The number of nitrogens with one attached hydrogen (secondary N) is 1. The van der Waals surface area contributed by atoms with Crippen LogP contribution in [0.4, 0.5) is 4.79 Å². The molecular formula is C27H29N3O7. The largest absolute Gasteiger partial charge is 0.444 e. The Kier molecular flexibility index (Phi) is 6.26. The highest BCUT2D eigenvalue weighted by atomic mass is 16.6. The fourth-order valence-corrected chi connectivity index (χ4v) is 4.71. The summed E-state index contributed by atoms with van der Waals surface area (Å²) in [5.74, 6) is -1.00. The van der Waals surface area contributed by atoms with E-state index < -0.39 is 11.4 Å². The lowest BCUT2D eigenvalue weighted by Crippen LogP contribution is -2.43. The predicted octanol–water partition coefficient (Wildman–Crippen LogP) is 3.83. The third-order valence-electron chi connectivity index (χ3n) is 6.59. The number of hydrogen-bond acceptors (Lipinski definition) is 7. The Hall–Kier alpha value is -4.08. The molecule has 0 unspecified atom stereocenters. The Morgan fingerprint density at radius 3 is 2.51 bits per heavy atom. The number of benzene rings is 2. The number of carbonyl (C=O) groups is 3. The van der Waals surface area contributed by atoms with Crippen LogP contribution in [0, 0.1) is 5.92 Å². The number of hydrogen-bond donors (Lipinski definition) is 1. The number of ether oxygens (including phenoxy) is 2. The molecule has 0 spiro atoms. The average molecular weight is 508 g/mol. The second-order valence-electron chi connectivity index (χ2n) is 10.4. The molecule has 2 aliphatic rings. The van der Waals surface area contributed by atoms with Gasteiger partial charge in [-0.05, 0) is 63.4 Å². The summed E-state index contributed by atoms with van der Waals surface area (Å²) in [5, 5.41) is 0. The molecule has 10 nitrogen and oxygen atoms in total. The molecule has 37 heavy (non-hydrogen) atoms. The molecule has 0 radical (unpaired) electrons. The lowest BCUT2D eigenvalue weighted by Gasteiger charge is -2.32. The molecule has 0 saturated carbocycles. The molecule has 0 bridgehead atoms. The summed E-state index contributed by atoms with van der Waals surface area (Å²) in [6, 6.07) is 10.3. The zero-order valence-electron chi connectivity index (χ0n) is 21.0. The molecule has 3 aromatic rings. The van der Waals surface area contributed by atoms with Crippen LogP contribution in [0.5, 0.6) is 5.75 Å². The summed E-state index contributed by atoms with van der Waals surface area (Å²) >= 11 is 0. The molecule has 5 rings (SSSR count). The molecule has 194 valence electrons. The molecule has 2 aliphatic heterocycles. The van der Waals surface area contributed by atoms with Gasteiger partial charge in [-0.3, -0.25) is 14.6 Å². The van der Waals surface area contributed by atoms with E-state index in [0.717, 1.165) is 11.1 Å². The van der Waals surface area contributed by atoms with E-state index in [2.05, 4.69) is 4.98 Å². The summed E-state index contributed by atoms with van der Waals surface area (Å²) in [6.45, 7) is 6.99. The van der Waals surface area contributed by atoms with Gasteiger partial charge in [-0.1, -0.05) is 12.1 Å². The highest BCUT2D eigenvalue weighted by Gasteiger charge is 2.33. The number of aromatic nitrogens is 1. The third-order valence-corrected chi connectivity index (χ3v) is 6.59. The summed E-state index contributed by atoms with van der Waals surface area (Å²) in [4.78, 5) is 55.7. The fourth-order valence-electron chi connectivity index (χ4n) is 4.71. The summed E-state index contributed by atoms with van der Waals surface area (Å²) in [6.07, 6.45) is 0.619. The second kappa shape index (κ2) is 9.42. The minimum atomic E-state index is -0.574. The second-order valence-corrected chi connectivity index (χ2v) is 10.4. The Bertz CT molecular complexity index is 1420. The van der Waals surface area contributed by atoms with Crippen LogP contribution in [0.1, 0.15) is 55.1 Å². The highest BCUT2D eigenvalue weighted by Crippen LogP contribution is 2.33. The molecule has 1 saturated heterocycles. The number of carbonyl (C=O) groups excluding carboxylic acids is 3. The summed E-state index contributed by atoms with van der Waals surface area (Å²) < 4.78 is 16.3. The van der Waals surface area contributed by atoms with Crippen molar-refractivity contribution in [3.63, 3.8) is 0 Å². The SMILES string of the molecule is CC(C)(C)OC(=O)N1CCC(C(=O)Oc2cccc3c2CN(C(=O)c2ccc4[nH]c(=O)oc4c2)C3)CC1. The Balaban J connectivity index is 1.22. The van der Waals surface area contributed by atoms with Gasteiger partial charge in [0.25, 0.3) is 5.91 Å². The lowest BCUT2D eigenvalue weighted by atomic mass is 9.97. The van der Waals surface area contributed by atoms with E-state index in [1.165, 1.54) is 0 Å². The quantitative estimate of drug-likeness (QED) is 0.422. The average Bonchev–Trinajstić information content (AvgIpc) is 3.45. The van der Waals surface area contributed by atoms with Crippen molar-refractivity contribution in [1.82, 2.24) is 14.8 Å². The van der Waals surface area contributed by atoms with Crippen LogP contribution in [-0.2, 0) is 22.6 Å². The summed E-state index contributed by atoms with van der Waals surface area (Å²) in [7, 11) is 0. The zero-order valence-corrected chi connectivity index (χ0v) is 21.0. The normalized spacial score (nSPS) is 16.1. The predicted molar refractivity (Wildman–Crippen MR) is 133 cm³/mol. The number of fused-ring (bicyclic) bond motifs is 2. The maximum absolute atomic E-state index is 13.2. The van der Waals surface area contributed by atoms with Crippen LogP contribution < -0.4 is 10.5 Å². The maximum atomic E-state index is 13.2. The zero-order chi connectivity index (χ0) is 26.3. The van der Waals surface area contributed by atoms with E-state index in [9.17, 15) is 19.2 Å². The van der Waals surface area contributed by atoms with Gasteiger partial charge < -0.3 is 23.7 Å². The first-order chi connectivity index (χ1) is 17.6. The number of esters is 1. The topological polar surface area (TPSA) is 122 Å². The monoisotopic (exact) mass is 507 g/mol. The molecular weight excluding hydrogens is 478 g/mol. The van der Waals surface area contributed by atoms with E-state index in [0.29, 0.717) is 61.4 Å². The maximum Gasteiger partial charge on any atom is 0.417 e. The van der Waals surface area contributed by atoms with E-state index in [4.69, 9.17) is 13.9 Å². The molecule has 0 atom stereocenters. The van der Waals surface area contributed by atoms with Crippen molar-refractivity contribution in [2.45, 2.75) is 52.3 Å². The number of rotatable bonds is 3. The van der Waals surface area contributed by atoms with Gasteiger partial charge in [-0.15, -0.1) is 0 Å². The van der Waals surface area contributed by atoms with Crippen molar-refractivity contribution < 1.29 is 28.3 Å². The molecule has 0 aliphatic carbocycles. The minimum absolute atomic E-state index is 0.214. The van der Waals surface area contributed by atoms with Crippen LogP contribution in [0.15, 0.2) is 45.6 Å². The molecule has 3 heterocycles. The van der Waals surface area contributed by atoms with Crippen LogP contribution >= 0.6 is 0 Å². The highest BCUT2D eigenvalue weighted by molar-refractivity contribution is 5.97. The Morgan fingerprint density at radius 2 is 1.78 bits per heavy atom. The van der Waals surface area contributed by atoms with Gasteiger partial charge in [0.2, 0.25) is 0 Å². The van der Waals surface area contributed by atoms with Gasteiger partial charge >= 0.3 is 17.8 Å². The van der Waals surface area contributed by atoms with Crippen molar-refractivity contribution in [1.29, 1.82) is 0 Å². The molecule has 2 aromatic carbocycles. The number of likely N-dealkylation sites (tertiary alicyclic amines) is 1. The van der Waals surface area contributed by atoms with Crippen LogP contribution in [0.2, 0.25) is 0 Å². The van der Waals surface area contributed by atoms with Crippen LogP contribution in [-0.4, -0.2) is 51.4 Å². The van der Waals surface area contributed by atoms with E-state index in [1.807, 2.05) is 26.8 Å². The standard InChI is InChI=1S/C27H29N3O7/c1-27(2,3)37-26(34)29-11-9-16(10-12-29)24(32)35-21-6-4-5-18-14-30(15-19(18)21)23(31)17-7-8-20-22(13-17)36-25(33)28-20/h4-8,13,16H,9-12,14-15H2,1-3H3,(H,28,33). The van der Waals surface area contributed by atoms with Crippen molar-refractivity contribution in [3.8, 4) is 5.75 Å². The lowest BCUT2D eigenvalue weighted by molar-refractivity contribution is -0.140. The number of piperidine rings is 1. The first-order valence-corrected chi connectivity index (χ1v) is 12.3. The van der Waals surface area contributed by atoms with Crippen molar-refractivity contribution in [3.05, 3.63) is 63.6 Å². The Morgan fingerprint density at radius 1 is 1.03 bits per heavy atom. The molecule has 2 amide bonds. The molecule has 1 aromatic heterocycles. The van der Waals surface area contributed by atoms with E-state index >= 15 is 0 Å². The van der Waals surface area contributed by atoms with Gasteiger partial charge in [0.1, 0.15) is 11.4 Å². The van der Waals surface area contributed by atoms with Gasteiger partial charge in [-0.25, -0.2) is 9.59 Å². The molecule has 10 heteroatoms. The van der Waals surface area contributed by atoms with Crippen molar-refractivity contribution in [2.24, 2.45) is 5.92 Å². The van der Waals surface area contributed by atoms with Crippen molar-refractivity contribution in [2.75, 3.05) is 13.1 Å². The first-order valence-electron chi connectivity index (χ1n) is 12.3. The Labute approximate surface area is 213 Å². The number of H-pyrrole nitrogens is 1. The van der Waals surface area contributed by atoms with Gasteiger partial charge in [0, 0.05) is 30.8 Å². The van der Waals surface area contributed by atoms with Crippen molar-refractivity contribution >= 4 is 29.1 Å². The third kappa shape index (κ3) is 5.23. The van der Waals surface area contributed by atoms with Gasteiger partial charge in [0.05, 0.1) is 18.0 Å². The van der Waals surface area contributed by atoms with Gasteiger partial charge in [-0.2, -0.15) is 0 Å². The smallest absolute Gasteiger partial charge is 0.417 e. The van der Waals surface area contributed by atoms with E-state index in [1.54, 1.807) is 40.1 Å².